The van der Waals surface area contributed by atoms with Crippen LogP contribution in [0.1, 0.15) is 43.9 Å². The Morgan fingerprint density at radius 2 is 2.12 bits per heavy atom. The number of aromatic nitrogens is 1. The normalized spacial score (nSPS) is 15.4. The zero-order valence-corrected chi connectivity index (χ0v) is 11.7. The van der Waals surface area contributed by atoms with E-state index in [0.29, 0.717) is 11.8 Å². The molecule has 2 nitrogen and oxygen atoms in total. The largest absolute Gasteiger partial charge is 0.359 e. The Hall–Kier alpha value is -0.760. The van der Waals surface area contributed by atoms with E-state index in [1.807, 2.05) is 0 Å². The van der Waals surface area contributed by atoms with E-state index in [2.05, 4.69) is 37.9 Å². The smallest absolute Gasteiger partial charge is 0.128 e. The van der Waals surface area contributed by atoms with E-state index in [4.69, 9.17) is 16.6 Å². The van der Waals surface area contributed by atoms with Gasteiger partial charge in [-0.2, -0.15) is 0 Å². The number of nitrogens with zero attached hydrogens (tertiary/aromatic N) is 2. The van der Waals surface area contributed by atoms with Gasteiger partial charge in [0.1, 0.15) is 5.82 Å². The first-order valence-corrected chi connectivity index (χ1v) is 6.91. The molecule has 1 aromatic heterocycles. The van der Waals surface area contributed by atoms with Crippen LogP contribution in [-0.4, -0.2) is 18.6 Å². The van der Waals surface area contributed by atoms with Crippen LogP contribution in [0.4, 0.5) is 5.82 Å². The summed E-state index contributed by atoms with van der Waals surface area (Å²) in [5.41, 5.74) is 2.31. The fourth-order valence-electron chi connectivity index (χ4n) is 1.94. The Balaban J connectivity index is 2.21. The number of pyridine rings is 1. The van der Waals surface area contributed by atoms with Crippen LogP contribution in [-0.2, 0) is 5.88 Å². The van der Waals surface area contributed by atoms with Crippen LogP contribution in [0.5, 0.6) is 0 Å². The van der Waals surface area contributed by atoms with Crippen molar-refractivity contribution in [2.75, 3.05) is 18.5 Å². The van der Waals surface area contributed by atoms with Crippen molar-refractivity contribution in [2.24, 2.45) is 5.92 Å². The maximum atomic E-state index is 5.95. The van der Waals surface area contributed by atoms with Crippen LogP contribution in [0.25, 0.3) is 0 Å². The standard InChI is InChI=1S/C14H21ClN2/c1-10(2)13-6-12(8-15)7-14(16-13)17(3)9-11-4-5-11/h6-7,10-11H,4-5,8-9H2,1-3H3. The third-order valence-corrected chi connectivity index (χ3v) is 3.57. The summed E-state index contributed by atoms with van der Waals surface area (Å²) in [6, 6.07) is 4.23. The van der Waals surface area contributed by atoms with E-state index < -0.39 is 0 Å². The van der Waals surface area contributed by atoms with Gasteiger partial charge < -0.3 is 4.90 Å². The third-order valence-electron chi connectivity index (χ3n) is 3.26. The van der Waals surface area contributed by atoms with Crippen molar-refractivity contribution in [3.63, 3.8) is 0 Å². The summed E-state index contributed by atoms with van der Waals surface area (Å²) >= 11 is 5.95. The highest BCUT2D eigenvalue weighted by molar-refractivity contribution is 6.17. The highest BCUT2D eigenvalue weighted by atomic mass is 35.5. The highest BCUT2D eigenvalue weighted by Crippen LogP contribution is 2.31. The third kappa shape index (κ3) is 3.35. The summed E-state index contributed by atoms with van der Waals surface area (Å²) in [5, 5.41) is 0. The van der Waals surface area contributed by atoms with Crippen molar-refractivity contribution in [2.45, 2.75) is 38.5 Å². The molecule has 0 unspecified atom stereocenters. The summed E-state index contributed by atoms with van der Waals surface area (Å²) in [6.07, 6.45) is 2.74. The molecule has 0 atom stereocenters. The molecule has 0 N–H and O–H groups in total. The highest BCUT2D eigenvalue weighted by Gasteiger charge is 2.23. The number of alkyl halides is 1. The van der Waals surface area contributed by atoms with E-state index in [-0.39, 0.29) is 0 Å². The molecular formula is C14H21ClN2. The quantitative estimate of drug-likeness (QED) is 0.742. The van der Waals surface area contributed by atoms with Crippen LogP contribution in [0.15, 0.2) is 12.1 Å². The molecule has 1 aliphatic rings. The number of halogens is 1. The Kier molecular flexibility index (Phi) is 3.93. The van der Waals surface area contributed by atoms with Crippen molar-refractivity contribution in [1.29, 1.82) is 0 Å². The average Bonchev–Trinajstić information content (AvgIpc) is 3.12. The molecule has 94 valence electrons. The monoisotopic (exact) mass is 252 g/mol. The molecule has 3 heteroatoms. The van der Waals surface area contributed by atoms with Gasteiger partial charge in [0.15, 0.2) is 0 Å². The van der Waals surface area contributed by atoms with Crippen LogP contribution in [0.3, 0.4) is 0 Å². The van der Waals surface area contributed by atoms with E-state index in [9.17, 15) is 0 Å². The summed E-state index contributed by atoms with van der Waals surface area (Å²) in [4.78, 5) is 6.99. The molecule has 17 heavy (non-hydrogen) atoms. The lowest BCUT2D eigenvalue weighted by atomic mass is 10.1. The fraction of sp³-hybridized carbons (Fsp3) is 0.643. The van der Waals surface area contributed by atoms with Gasteiger partial charge in [-0.1, -0.05) is 13.8 Å². The molecule has 1 saturated carbocycles. The molecule has 1 heterocycles. The number of hydrogen-bond donors (Lipinski definition) is 0. The minimum absolute atomic E-state index is 0.450. The summed E-state index contributed by atoms with van der Waals surface area (Å²) in [7, 11) is 2.13. The van der Waals surface area contributed by atoms with Gasteiger partial charge in [-0.15, -0.1) is 11.6 Å². The molecule has 0 aromatic carbocycles. The first-order chi connectivity index (χ1) is 8.10. The second-order valence-electron chi connectivity index (χ2n) is 5.37. The van der Waals surface area contributed by atoms with Crippen LogP contribution in [0, 0.1) is 5.92 Å². The van der Waals surface area contributed by atoms with Gasteiger partial charge in [0, 0.05) is 25.2 Å². The molecule has 1 fully saturated rings. The lowest BCUT2D eigenvalue weighted by molar-refractivity contribution is 0.760. The minimum atomic E-state index is 0.450. The summed E-state index contributed by atoms with van der Waals surface area (Å²) in [5.74, 6) is 2.96. The summed E-state index contributed by atoms with van der Waals surface area (Å²) < 4.78 is 0. The molecule has 2 rings (SSSR count). The Morgan fingerprint density at radius 1 is 1.41 bits per heavy atom. The Morgan fingerprint density at radius 3 is 2.65 bits per heavy atom. The van der Waals surface area contributed by atoms with Gasteiger partial charge in [0.2, 0.25) is 0 Å². The lowest BCUT2D eigenvalue weighted by Gasteiger charge is -2.20. The molecule has 0 saturated heterocycles. The van der Waals surface area contributed by atoms with Crippen molar-refractivity contribution < 1.29 is 0 Å². The van der Waals surface area contributed by atoms with E-state index in [0.717, 1.165) is 24.0 Å². The first-order valence-electron chi connectivity index (χ1n) is 6.38. The molecule has 0 aliphatic heterocycles. The first kappa shape index (κ1) is 12.7. The van der Waals surface area contributed by atoms with Gasteiger partial charge in [0.05, 0.1) is 0 Å². The van der Waals surface area contributed by atoms with E-state index >= 15 is 0 Å². The summed E-state index contributed by atoms with van der Waals surface area (Å²) in [6.45, 7) is 5.46. The van der Waals surface area contributed by atoms with E-state index in [1.54, 1.807) is 0 Å². The number of rotatable bonds is 5. The van der Waals surface area contributed by atoms with Crippen LogP contribution in [0.2, 0.25) is 0 Å². The van der Waals surface area contributed by atoms with Crippen molar-refractivity contribution in [3.8, 4) is 0 Å². The SMILES string of the molecule is CC(C)c1cc(CCl)cc(N(C)CC2CC2)n1. The van der Waals surface area contributed by atoms with Gasteiger partial charge in [0.25, 0.3) is 0 Å². The zero-order chi connectivity index (χ0) is 12.4. The second kappa shape index (κ2) is 5.26. The second-order valence-corrected chi connectivity index (χ2v) is 5.64. The molecular weight excluding hydrogens is 232 g/mol. The average molecular weight is 253 g/mol. The molecule has 0 bridgehead atoms. The maximum Gasteiger partial charge on any atom is 0.128 e. The van der Waals surface area contributed by atoms with Crippen LogP contribution < -0.4 is 4.90 Å². The van der Waals surface area contributed by atoms with Crippen LogP contribution >= 0.6 is 11.6 Å². The number of hydrogen-bond acceptors (Lipinski definition) is 2. The number of anilines is 1. The maximum absolute atomic E-state index is 5.95. The molecule has 0 spiro atoms. The van der Waals surface area contributed by atoms with Gasteiger partial charge in [-0.05, 0) is 42.4 Å². The van der Waals surface area contributed by atoms with Crippen molar-refractivity contribution in [1.82, 2.24) is 4.98 Å². The molecule has 1 aliphatic carbocycles. The minimum Gasteiger partial charge on any atom is -0.359 e. The zero-order valence-electron chi connectivity index (χ0n) is 10.9. The molecule has 1 aromatic rings. The Labute approximate surface area is 109 Å². The lowest BCUT2D eigenvalue weighted by Crippen LogP contribution is -2.21. The van der Waals surface area contributed by atoms with E-state index in [1.165, 1.54) is 18.4 Å². The van der Waals surface area contributed by atoms with Crippen molar-refractivity contribution >= 4 is 17.4 Å². The van der Waals surface area contributed by atoms with Gasteiger partial charge in [-0.3, -0.25) is 0 Å². The van der Waals surface area contributed by atoms with Crippen molar-refractivity contribution in [3.05, 3.63) is 23.4 Å². The molecule has 0 radical (unpaired) electrons. The van der Waals surface area contributed by atoms with Gasteiger partial charge in [-0.25, -0.2) is 4.98 Å². The van der Waals surface area contributed by atoms with Gasteiger partial charge >= 0.3 is 0 Å². The Bertz CT molecular complexity index is 386. The predicted octanol–water partition coefficient (Wildman–Crippen LogP) is 3.79. The fourth-order valence-corrected chi connectivity index (χ4v) is 2.10. The molecule has 0 amide bonds. The topological polar surface area (TPSA) is 16.1 Å². The predicted molar refractivity (Wildman–Crippen MR) is 73.9 cm³/mol.